The zero-order valence-corrected chi connectivity index (χ0v) is 14.6. The lowest BCUT2D eigenvalue weighted by atomic mass is 9.55. The lowest BCUT2D eigenvalue weighted by Crippen LogP contribution is -2.42. The van der Waals surface area contributed by atoms with Crippen LogP contribution in [0.4, 0.5) is 5.69 Å². The molecular weight excluding hydrogens is 326 g/mol. The van der Waals surface area contributed by atoms with Crippen LogP contribution >= 0.6 is 0 Å². The van der Waals surface area contributed by atoms with Gasteiger partial charge in [-0.25, -0.2) is 8.42 Å². The van der Waals surface area contributed by atoms with E-state index in [0.717, 1.165) is 44.1 Å². The molecule has 4 rings (SSSR count). The van der Waals surface area contributed by atoms with Crippen molar-refractivity contribution in [1.82, 2.24) is 0 Å². The maximum Gasteiger partial charge on any atom is 0.181 e. The molecule has 1 N–H and O–H groups in total. The summed E-state index contributed by atoms with van der Waals surface area (Å²) in [5.74, 6) is 1.93. The second kappa shape index (κ2) is 5.30. The van der Waals surface area contributed by atoms with Gasteiger partial charge in [0.2, 0.25) is 0 Å². The molecule has 0 unspecified atom stereocenters. The van der Waals surface area contributed by atoms with Gasteiger partial charge in [0.25, 0.3) is 0 Å². The molecule has 0 aliphatic heterocycles. The fourth-order valence-electron chi connectivity index (χ4n) is 5.56. The molecule has 0 radical (unpaired) electrons. The lowest BCUT2D eigenvalue weighted by molar-refractivity contribution is -0.129. The van der Waals surface area contributed by atoms with Gasteiger partial charge in [0.05, 0.1) is 0 Å². The molecule has 0 spiro atoms. The van der Waals surface area contributed by atoms with Crippen molar-refractivity contribution in [3.05, 3.63) is 29.3 Å². The van der Waals surface area contributed by atoms with E-state index in [4.69, 9.17) is 0 Å². The maximum atomic E-state index is 12.3. The van der Waals surface area contributed by atoms with E-state index in [1.54, 1.807) is 12.1 Å². The second-order valence-electron chi connectivity index (χ2n) is 7.80. The van der Waals surface area contributed by atoms with Crippen LogP contribution in [-0.4, -0.2) is 18.8 Å². The third-order valence-corrected chi connectivity index (χ3v) is 7.16. The number of aryl methyl sites for hydroxylation is 1. The van der Waals surface area contributed by atoms with E-state index in [2.05, 4.69) is 6.92 Å². The summed E-state index contributed by atoms with van der Waals surface area (Å²) in [7, 11) is -4.49. The number of hydrogen-bond acceptors (Lipinski definition) is 4. The number of benzene rings is 1. The van der Waals surface area contributed by atoms with Gasteiger partial charge in [0.1, 0.15) is 5.78 Å². The highest BCUT2D eigenvalue weighted by Crippen LogP contribution is 2.59. The Morgan fingerprint density at radius 1 is 1.21 bits per heavy atom. The Bertz CT molecular complexity index is 803. The quantitative estimate of drug-likeness (QED) is 0.833. The van der Waals surface area contributed by atoms with Gasteiger partial charge in [0, 0.05) is 17.5 Å². The minimum atomic E-state index is -4.49. The Kier molecular flexibility index (Phi) is 3.55. The van der Waals surface area contributed by atoms with Crippen LogP contribution in [0.25, 0.3) is 0 Å². The molecule has 2 saturated carbocycles. The van der Waals surface area contributed by atoms with E-state index < -0.39 is 10.3 Å². The van der Waals surface area contributed by atoms with Crippen molar-refractivity contribution in [2.24, 2.45) is 17.3 Å². The summed E-state index contributed by atoms with van der Waals surface area (Å²) in [5.41, 5.74) is 2.63. The average Bonchev–Trinajstić information content (AvgIpc) is 2.81. The number of Topliss-reactive ketones (excluding diaryl/α,β-unsaturated/α-hetero) is 1. The van der Waals surface area contributed by atoms with E-state index in [-0.39, 0.29) is 5.41 Å². The SMILES string of the molecule is C[C@]12CC[C@@H]3c4ccc(NS(=O)(=O)[O-])cc4CC[C@H]3[C@@H]1CCC2=O. The normalized spacial score (nSPS) is 35.1. The third kappa shape index (κ3) is 2.47. The smallest absolute Gasteiger partial charge is 0.181 e. The Morgan fingerprint density at radius 2 is 2.00 bits per heavy atom. The third-order valence-electron chi connectivity index (χ3n) is 6.68. The first kappa shape index (κ1) is 16.1. The van der Waals surface area contributed by atoms with Crippen molar-refractivity contribution in [3.63, 3.8) is 0 Å². The van der Waals surface area contributed by atoms with Crippen LogP contribution < -0.4 is 4.72 Å². The Balaban J connectivity index is 1.65. The fourth-order valence-corrected chi connectivity index (χ4v) is 5.98. The van der Waals surface area contributed by atoms with Crippen molar-refractivity contribution in [2.75, 3.05) is 4.72 Å². The summed E-state index contributed by atoms with van der Waals surface area (Å²) in [4.78, 5) is 12.3. The van der Waals surface area contributed by atoms with Crippen LogP contribution in [0.1, 0.15) is 56.1 Å². The number of carbonyl (C=O) groups excluding carboxylic acids is 1. The van der Waals surface area contributed by atoms with Crippen LogP contribution in [0.3, 0.4) is 0 Å². The van der Waals surface area contributed by atoms with Gasteiger partial charge >= 0.3 is 0 Å². The fraction of sp³-hybridized carbons (Fsp3) is 0.611. The summed E-state index contributed by atoms with van der Waals surface area (Å²) in [6.45, 7) is 2.16. The van der Waals surface area contributed by atoms with Crippen molar-refractivity contribution >= 4 is 21.8 Å². The van der Waals surface area contributed by atoms with Gasteiger partial charge < -0.3 is 4.55 Å². The number of anilines is 1. The highest BCUT2D eigenvalue weighted by atomic mass is 32.2. The van der Waals surface area contributed by atoms with Crippen molar-refractivity contribution in [3.8, 4) is 0 Å². The highest BCUT2D eigenvalue weighted by Gasteiger charge is 2.54. The van der Waals surface area contributed by atoms with E-state index in [0.29, 0.717) is 29.2 Å². The van der Waals surface area contributed by atoms with Crippen LogP contribution in [0.2, 0.25) is 0 Å². The first-order valence-corrected chi connectivity index (χ1v) is 10.1. The largest absolute Gasteiger partial charge is 0.731 e. The summed E-state index contributed by atoms with van der Waals surface area (Å²) in [6, 6.07) is 5.46. The van der Waals surface area contributed by atoms with Crippen molar-refractivity contribution in [2.45, 2.75) is 51.4 Å². The van der Waals surface area contributed by atoms with E-state index in [1.165, 1.54) is 5.56 Å². The standard InChI is InChI=1S/C18H23NO4S/c1-18-9-8-14-13-5-3-12(19-24(21,22)23)10-11(13)2-4-15(14)16(18)6-7-17(18)20/h3,5,10,14-16,19H,2,4,6-9H2,1H3,(H,21,22,23)/p-1/t14-,15-,16+,18+/m1/s1. The van der Waals surface area contributed by atoms with Gasteiger partial charge in [-0.05, 0) is 73.1 Å². The zero-order chi connectivity index (χ0) is 17.1. The summed E-state index contributed by atoms with van der Waals surface area (Å²) in [6.07, 6.45) is 5.63. The van der Waals surface area contributed by atoms with E-state index >= 15 is 0 Å². The summed E-state index contributed by atoms with van der Waals surface area (Å²) < 4.78 is 34.7. The molecule has 0 amide bonds. The summed E-state index contributed by atoms with van der Waals surface area (Å²) in [5, 5.41) is 0. The lowest BCUT2D eigenvalue weighted by Gasteiger charge is -2.48. The van der Waals surface area contributed by atoms with Gasteiger partial charge in [-0.3, -0.25) is 9.52 Å². The molecule has 2 fully saturated rings. The molecule has 130 valence electrons. The number of nitrogens with one attached hydrogen (secondary N) is 1. The predicted molar refractivity (Wildman–Crippen MR) is 89.4 cm³/mol. The van der Waals surface area contributed by atoms with E-state index in [9.17, 15) is 17.8 Å². The van der Waals surface area contributed by atoms with Gasteiger partial charge in [-0.1, -0.05) is 13.0 Å². The molecule has 3 aliphatic carbocycles. The number of fused-ring (bicyclic) bond motifs is 5. The molecule has 4 atom stereocenters. The van der Waals surface area contributed by atoms with Gasteiger partial charge in [-0.15, -0.1) is 0 Å². The minimum absolute atomic E-state index is 0.128. The zero-order valence-electron chi connectivity index (χ0n) is 13.7. The maximum absolute atomic E-state index is 12.3. The molecule has 5 nitrogen and oxygen atoms in total. The molecule has 6 heteroatoms. The minimum Gasteiger partial charge on any atom is -0.731 e. The first-order valence-electron chi connectivity index (χ1n) is 8.68. The Morgan fingerprint density at radius 3 is 2.75 bits per heavy atom. The van der Waals surface area contributed by atoms with E-state index in [1.807, 2.05) is 10.8 Å². The Hall–Kier alpha value is -1.40. The second-order valence-corrected chi connectivity index (χ2v) is 8.92. The van der Waals surface area contributed by atoms with Gasteiger partial charge in [-0.2, -0.15) is 0 Å². The molecule has 0 saturated heterocycles. The van der Waals surface area contributed by atoms with Gasteiger partial charge in [0.15, 0.2) is 10.3 Å². The van der Waals surface area contributed by atoms with Crippen LogP contribution in [-0.2, 0) is 21.5 Å². The van der Waals surface area contributed by atoms with Crippen LogP contribution in [0.5, 0.6) is 0 Å². The predicted octanol–water partition coefficient (Wildman–Crippen LogP) is 2.98. The molecule has 0 heterocycles. The highest BCUT2D eigenvalue weighted by molar-refractivity contribution is 7.87. The molecule has 3 aliphatic rings. The topological polar surface area (TPSA) is 86.3 Å². The average molecular weight is 348 g/mol. The van der Waals surface area contributed by atoms with Crippen molar-refractivity contribution in [1.29, 1.82) is 0 Å². The summed E-state index contributed by atoms with van der Waals surface area (Å²) >= 11 is 0. The number of rotatable bonds is 2. The van der Waals surface area contributed by atoms with Crippen molar-refractivity contribution < 1.29 is 17.8 Å². The number of hydrogen-bond donors (Lipinski definition) is 1. The number of ketones is 1. The first-order chi connectivity index (χ1) is 11.3. The molecule has 0 bridgehead atoms. The van der Waals surface area contributed by atoms with Crippen LogP contribution in [0.15, 0.2) is 18.2 Å². The molecule has 24 heavy (non-hydrogen) atoms. The monoisotopic (exact) mass is 348 g/mol. The number of carbonyl (C=O) groups is 1. The molecular formula is C18H22NO4S-. The molecule has 0 aromatic heterocycles. The Labute approximate surface area is 142 Å². The molecule has 1 aromatic rings. The molecule has 1 aromatic carbocycles. The van der Waals surface area contributed by atoms with Crippen LogP contribution in [0, 0.1) is 17.3 Å².